The summed E-state index contributed by atoms with van der Waals surface area (Å²) < 4.78 is 16.1. The van der Waals surface area contributed by atoms with E-state index >= 15 is 0 Å². The highest BCUT2D eigenvalue weighted by atomic mass is 16.5. The summed E-state index contributed by atoms with van der Waals surface area (Å²) >= 11 is 0. The van der Waals surface area contributed by atoms with Crippen molar-refractivity contribution in [1.29, 1.82) is 0 Å². The number of rotatable bonds is 6. The summed E-state index contributed by atoms with van der Waals surface area (Å²) in [5.74, 6) is 1.45. The van der Waals surface area contributed by atoms with E-state index in [1.54, 1.807) is 37.8 Å². The molecule has 0 bridgehead atoms. The zero-order chi connectivity index (χ0) is 17.5. The average molecular weight is 343 g/mol. The fourth-order valence-electron chi connectivity index (χ4n) is 2.78. The number of furan rings is 1. The van der Waals surface area contributed by atoms with Crippen LogP contribution in [0.3, 0.4) is 0 Å². The second kappa shape index (κ2) is 8.32. The van der Waals surface area contributed by atoms with Crippen molar-refractivity contribution in [2.45, 2.75) is 37.8 Å². The largest absolute Gasteiger partial charge is 0.480 e. The van der Waals surface area contributed by atoms with Crippen LogP contribution in [-0.2, 0) is 4.79 Å². The second-order valence-corrected chi connectivity index (χ2v) is 5.85. The Kier molecular flexibility index (Phi) is 5.66. The molecule has 25 heavy (non-hydrogen) atoms. The predicted octanol–water partition coefficient (Wildman–Crippen LogP) is 2.60. The number of methoxy groups -OCH3 is 1. The third-order valence-electron chi connectivity index (χ3n) is 4.05. The zero-order valence-corrected chi connectivity index (χ0v) is 14.1. The molecule has 0 atom stereocenters. The molecule has 0 unspecified atom stereocenters. The molecule has 7 heteroatoms. The number of ether oxygens (including phenoxy) is 2. The van der Waals surface area contributed by atoms with Crippen LogP contribution in [0.15, 0.2) is 41.3 Å². The number of hydrogen-bond acceptors (Lipinski definition) is 6. The Morgan fingerprint density at radius 1 is 1.28 bits per heavy atom. The minimum atomic E-state index is -0.112. The minimum Gasteiger partial charge on any atom is -0.480 e. The average Bonchev–Trinajstić information content (AvgIpc) is 3.15. The van der Waals surface area contributed by atoms with Gasteiger partial charge in [0.1, 0.15) is 11.9 Å². The summed E-state index contributed by atoms with van der Waals surface area (Å²) in [6.07, 6.45) is 11.4. The van der Waals surface area contributed by atoms with Crippen LogP contribution in [-0.4, -0.2) is 35.1 Å². The molecule has 1 fully saturated rings. The fourth-order valence-corrected chi connectivity index (χ4v) is 2.78. The van der Waals surface area contributed by atoms with Crippen LogP contribution in [0, 0.1) is 0 Å². The number of carbonyl (C=O) groups is 1. The molecule has 1 amide bonds. The Labute approximate surface area is 146 Å². The normalized spacial score (nSPS) is 20.4. The maximum atomic E-state index is 11.9. The van der Waals surface area contributed by atoms with Crippen molar-refractivity contribution < 1.29 is 18.7 Å². The van der Waals surface area contributed by atoms with E-state index in [1.807, 2.05) is 0 Å². The van der Waals surface area contributed by atoms with Crippen LogP contribution in [0.4, 0.5) is 0 Å². The molecule has 0 aromatic carbocycles. The summed E-state index contributed by atoms with van der Waals surface area (Å²) in [5, 5.41) is 3.01. The first-order valence-corrected chi connectivity index (χ1v) is 8.27. The molecule has 3 rings (SSSR count). The minimum absolute atomic E-state index is 0.0771. The molecular weight excluding hydrogens is 322 g/mol. The van der Waals surface area contributed by atoms with Gasteiger partial charge in [-0.2, -0.15) is 4.98 Å². The number of hydrogen-bond donors (Lipinski definition) is 1. The van der Waals surface area contributed by atoms with Gasteiger partial charge in [-0.15, -0.1) is 0 Å². The van der Waals surface area contributed by atoms with Crippen molar-refractivity contribution in [3.63, 3.8) is 0 Å². The third kappa shape index (κ3) is 5.07. The lowest BCUT2D eigenvalue weighted by Crippen LogP contribution is -2.39. The monoisotopic (exact) mass is 343 g/mol. The van der Waals surface area contributed by atoms with Gasteiger partial charge in [0.05, 0.1) is 25.8 Å². The maximum absolute atomic E-state index is 11.9. The molecule has 0 radical (unpaired) electrons. The number of aromatic nitrogens is 2. The fraction of sp³-hybridized carbons (Fsp3) is 0.389. The van der Waals surface area contributed by atoms with Crippen LogP contribution >= 0.6 is 0 Å². The molecule has 0 spiro atoms. The van der Waals surface area contributed by atoms with Crippen molar-refractivity contribution in [1.82, 2.24) is 15.3 Å². The number of nitrogens with one attached hydrogen (secondary N) is 1. The van der Waals surface area contributed by atoms with E-state index in [4.69, 9.17) is 13.9 Å². The molecule has 132 valence electrons. The maximum Gasteiger partial charge on any atom is 0.244 e. The van der Waals surface area contributed by atoms with Crippen LogP contribution in [0.1, 0.15) is 31.4 Å². The molecule has 1 aliphatic rings. The lowest BCUT2D eigenvalue weighted by atomic mass is 9.93. The van der Waals surface area contributed by atoms with Gasteiger partial charge in [-0.3, -0.25) is 9.78 Å². The van der Waals surface area contributed by atoms with Gasteiger partial charge >= 0.3 is 0 Å². The molecule has 7 nitrogen and oxygen atoms in total. The van der Waals surface area contributed by atoms with E-state index in [-0.39, 0.29) is 18.1 Å². The summed E-state index contributed by atoms with van der Waals surface area (Å²) in [6, 6.07) is 3.74. The Morgan fingerprint density at radius 3 is 2.80 bits per heavy atom. The van der Waals surface area contributed by atoms with E-state index in [9.17, 15) is 4.79 Å². The van der Waals surface area contributed by atoms with E-state index < -0.39 is 0 Å². The van der Waals surface area contributed by atoms with Crippen LogP contribution in [0.2, 0.25) is 0 Å². The molecule has 1 aliphatic carbocycles. The number of amides is 1. The summed E-state index contributed by atoms with van der Waals surface area (Å²) in [6.45, 7) is 0. The molecule has 1 N–H and O–H groups in total. The van der Waals surface area contributed by atoms with Crippen LogP contribution < -0.4 is 14.8 Å². The van der Waals surface area contributed by atoms with Gasteiger partial charge < -0.3 is 19.2 Å². The van der Waals surface area contributed by atoms with Gasteiger partial charge in [0.25, 0.3) is 0 Å². The Hall–Kier alpha value is -2.83. The first-order chi connectivity index (χ1) is 12.2. The first kappa shape index (κ1) is 17.0. The summed E-state index contributed by atoms with van der Waals surface area (Å²) in [4.78, 5) is 20.2. The van der Waals surface area contributed by atoms with E-state index in [0.717, 1.165) is 25.7 Å². The molecule has 1 saturated carbocycles. The van der Waals surface area contributed by atoms with E-state index in [2.05, 4.69) is 15.3 Å². The molecule has 0 aliphatic heterocycles. The SMILES string of the molecule is COc1cncc(OC2CCC(NC(=O)/C=C/c3ccco3)CC2)n1. The van der Waals surface area contributed by atoms with Crippen molar-refractivity contribution in [3.05, 3.63) is 42.6 Å². The van der Waals surface area contributed by atoms with Gasteiger partial charge in [0, 0.05) is 12.1 Å². The van der Waals surface area contributed by atoms with Crippen molar-refractivity contribution in [2.75, 3.05) is 7.11 Å². The van der Waals surface area contributed by atoms with Crippen LogP contribution in [0.25, 0.3) is 6.08 Å². The van der Waals surface area contributed by atoms with Crippen molar-refractivity contribution in [3.8, 4) is 11.8 Å². The predicted molar refractivity (Wildman–Crippen MR) is 91.1 cm³/mol. The Morgan fingerprint density at radius 2 is 2.08 bits per heavy atom. The van der Waals surface area contributed by atoms with Gasteiger partial charge in [-0.1, -0.05) is 0 Å². The summed E-state index contributed by atoms with van der Waals surface area (Å²) in [5.41, 5.74) is 0. The van der Waals surface area contributed by atoms with Crippen molar-refractivity contribution >= 4 is 12.0 Å². The van der Waals surface area contributed by atoms with Gasteiger partial charge in [0.2, 0.25) is 17.7 Å². The zero-order valence-electron chi connectivity index (χ0n) is 14.1. The van der Waals surface area contributed by atoms with E-state index in [1.165, 1.54) is 12.3 Å². The molecule has 2 heterocycles. The van der Waals surface area contributed by atoms with Gasteiger partial charge in [-0.05, 0) is 43.9 Å². The number of carbonyl (C=O) groups excluding carboxylic acids is 1. The first-order valence-electron chi connectivity index (χ1n) is 8.27. The highest BCUT2D eigenvalue weighted by Crippen LogP contribution is 2.23. The smallest absolute Gasteiger partial charge is 0.244 e. The number of nitrogens with zero attached hydrogens (tertiary/aromatic N) is 2. The molecule has 2 aromatic heterocycles. The quantitative estimate of drug-likeness (QED) is 0.811. The molecule has 2 aromatic rings. The third-order valence-corrected chi connectivity index (χ3v) is 4.05. The molecular formula is C18H21N3O4. The Bertz CT molecular complexity index is 707. The van der Waals surface area contributed by atoms with Gasteiger partial charge in [-0.25, -0.2) is 0 Å². The summed E-state index contributed by atoms with van der Waals surface area (Å²) in [7, 11) is 1.54. The highest BCUT2D eigenvalue weighted by Gasteiger charge is 2.23. The highest BCUT2D eigenvalue weighted by molar-refractivity contribution is 5.91. The van der Waals surface area contributed by atoms with Crippen molar-refractivity contribution in [2.24, 2.45) is 0 Å². The Balaban J connectivity index is 1.43. The van der Waals surface area contributed by atoms with E-state index in [0.29, 0.717) is 17.5 Å². The topological polar surface area (TPSA) is 86.5 Å². The molecule has 0 saturated heterocycles. The lowest BCUT2D eigenvalue weighted by Gasteiger charge is -2.28. The van der Waals surface area contributed by atoms with Crippen LogP contribution in [0.5, 0.6) is 11.8 Å². The van der Waals surface area contributed by atoms with Gasteiger partial charge in [0.15, 0.2) is 0 Å². The second-order valence-electron chi connectivity index (χ2n) is 5.85. The standard InChI is InChI=1S/C18H21N3O4/c1-23-17-11-19-12-18(21-17)25-15-6-4-13(5-7-15)20-16(22)9-8-14-3-2-10-24-14/h2-3,8-13,15H,4-7H2,1H3,(H,20,22)/b9-8+. The lowest BCUT2D eigenvalue weighted by molar-refractivity contribution is -0.117.